The van der Waals surface area contributed by atoms with Crippen LogP contribution in [0.5, 0.6) is 0 Å². The molecule has 0 saturated heterocycles. The number of carbonyl (C=O) groups is 1. The summed E-state index contributed by atoms with van der Waals surface area (Å²) in [6, 6.07) is 8.95. The maximum atomic E-state index is 12.5. The van der Waals surface area contributed by atoms with Crippen LogP contribution in [0.4, 0.5) is 0 Å². The summed E-state index contributed by atoms with van der Waals surface area (Å²) >= 11 is 0. The van der Waals surface area contributed by atoms with Crippen molar-refractivity contribution in [3.05, 3.63) is 59.4 Å². The molecule has 4 nitrogen and oxygen atoms in total. The van der Waals surface area contributed by atoms with Crippen molar-refractivity contribution in [2.24, 2.45) is 0 Å². The molecule has 0 radical (unpaired) electrons. The van der Waals surface area contributed by atoms with Gasteiger partial charge in [0, 0.05) is 12.7 Å². The molecule has 2 rings (SSSR count). The molecule has 0 spiro atoms. The fourth-order valence-electron chi connectivity index (χ4n) is 3.07. The Labute approximate surface area is 156 Å². The van der Waals surface area contributed by atoms with E-state index >= 15 is 0 Å². The Hall–Kier alpha value is -1.91. The van der Waals surface area contributed by atoms with Gasteiger partial charge in [0.2, 0.25) is 0 Å². The molecule has 1 N–H and O–H groups in total. The third-order valence-corrected chi connectivity index (χ3v) is 4.70. The molecular formula is C22H30O4. The third-order valence-electron chi connectivity index (χ3n) is 4.70. The lowest BCUT2D eigenvalue weighted by molar-refractivity contribution is -0.191. The first kappa shape index (κ1) is 20.4. The zero-order valence-corrected chi connectivity index (χ0v) is 15.9. The van der Waals surface area contributed by atoms with Crippen molar-refractivity contribution in [3.63, 3.8) is 0 Å². The predicted octanol–water partition coefficient (Wildman–Crippen LogP) is 5.36. The monoisotopic (exact) mass is 358 g/mol. The number of rotatable bonds is 11. The molecule has 4 heteroatoms. The fourth-order valence-corrected chi connectivity index (χ4v) is 3.07. The van der Waals surface area contributed by atoms with Crippen LogP contribution in [0, 0.1) is 0 Å². The van der Waals surface area contributed by atoms with E-state index in [1.807, 2.05) is 6.07 Å². The number of allylic oxidation sites excluding steroid dienone is 2. The lowest BCUT2D eigenvalue weighted by Gasteiger charge is -2.32. The van der Waals surface area contributed by atoms with E-state index in [0.29, 0.717) is 17.7 Å². The van der Waals surface area contributed by atoms with E-state index in [4.69, 9.17) is 9.47 Å². The summed E-state index contributed by atoms with van der Waals surface area (Å²) in [5.41, 5.74) is 0.851. The number of ether oxygens (including phenoxy) is 2. The first-order valence-corrected chi connectivity index (χ1v) is 9.52. The van der Waals surface area contributed by atoms with Crippen molar-refractivity contribution in [2.75, 3.05) is 13.7 Å². The number of Topliss-reactive ketones (excluding diaryl/α,β-unsaturated/α-hetero) is 1. The lowest BCUT2D eigenvalue weighted by atomic mass is 9.94. The van der Waals surface area contributed by atoms with E-state index in [9.17, 15) is 9.90 Å². The highest BCUT2D eigenvalue weighted by Gasteiger charge is 2.34. The second-order valence-corrected chi connectivity index (χ2v) is 6.70. The summed E-state index contributed by atoms with van der Waals surface area (Å²) in [4.78, 5) is 12.5. The highest BCUT2D eigenvalue weighted by molar-refractivity contribution is 6.11. The van der Waals surface area contributed by atoms with Gasteiger partial charge in [-0.3, -0.25) is 4.79 Å². The van der Waals surface area contributed by atoms with E-state index in [-0.39, 0.29) is 18.0 Å². The highest BCUT2D eigenvalue weighted by Crippen LogP contribution is 2.31. The standard InChI is InChI=1S/C22H30O4/c1-3-4-5-6-7-11-16-26-22(25-2)15-14-19(20(23)17-22)21(24)18-12-9-8-10-13-18/h8-10,12-15,23H,3-7,11,16-17H2,1-2H3. The molecule has 142 valence electrons. The molecule has 26 heavy (non-hydrogen) atoms. The molecule has 0 aromatic heterocycles. The van der Waals surface area contributed by atoms with E-state index < -0.39 is 5.79 Å². The van der Waals surface area contributed by atoms with Crippen molar-refractivity contribution in [1.29, 1.82) is 0 Å². The molecule has 0 amide bonds. The Balaban J connectivity index is 1.90. The summed E-state index contributed by atoms with van der Waals surface area (Å²) in [5.74, 6) is -1.18. The van der Waals surface area contributed by atoms with Crippen LogP contribution in [0.1, 0.15) is 62.2 Å². The summed E-state index contributed by atoms with van der Waals surface area (Å²) in [7, 11) is 1.56. The van der Waals surface area contributed by atoms with Gasteiger partial charge in [0.1, 0.15) is 5.76 Å². The number of aliphatic hydroxyl groups excluding tert-OH is 1. The Morgan fingerprint density at radius 3 is 2.46 bits per heavy atom. The molecule has 0 aliphatic heterocycles. The SMILES string of the molecule is CCCCCCCCOC1(OC)C=CC(C(=O)c2ccccc2)=C(O)C1. The fraction of sp³-hybridized carbons (Fsp3) is 0.500. The predicted molar refractivity (Wildman–Crippen MR) is 103 cm³/mol. The minimum Gasteiger partial charge on any atom is -0.511 e. The van der Waals surface area contributed by atoms with Crippen molar-refractivity contribution in [3.8, 4) is 0 Å². The molecule has 1 aliphatic rings. The lowest BCUT2D eigenvalue weighted by Crippen LogP contribution is -2.36. The van der Waals surface area contributed by atoms with Gasteiger partial charge in [-0.05, 0) is 18.6 Å². The van der Waals surface area contributed by atoms with E-state index in [1.54, 1.807) is 43.5 Å². The summed E-state index contributed by atoms with van der Waals surface area (Å²) in [6.45, 7) is 2.78. The van der Waals surface area contributed by atoms with Gasteiger partial charge in [0.05, 0.1) is 18.6 Å². The molecular weight excluding hydrogens is 328 g/mol. The molecule has 0 fully saturated rings. The molecule has 1 atom stereocenters. The Morgan fingerprint density at radius 2 is 1.81 bits per heavy atom. The number of hydrogen-bond acceptors (Lipinski definition) is 4. The summed E-state index contributed by atoms with van der Waals surface area (Å²) in [5, 5.41) is 10.4. The molecule has 1 unspecified atom stereocenters. The van der Waals surface area contributed by atoms with Crippen LogP contribution in [-0.4, -0.2) is 30.4 Å². The van der Waals surface area contributed by atoms with E-state index in [0.717, 1.165) is 12.8 Å². The molecule has 0 bridgehead atoms. The number of methoxy groups -OCH3 is 1. The summed E-state index contributed by atoms with van der Waals surface area (Å²) < 4.78 is 11.4. The van der Waals surface area contributed by atoms with Crippen LogP contribution in [-0.2, 0) is 9.47 Å². The van der Waals surface area contributed by atoms with Gasteiger partial charge in [0.15, 0.2) is 11.6 Å². The second kappa shape index (κ2) is 10.3. The number of aliphatic hydroxyl groups is 1. The van der Waals surface area contributed by atoms with Crippen LogP contribution in [0.15, 0.2) is 53.8 Å². The van der Waals surface area contributed by atoms with Gasteiger partial charge in [0.25, 0.3) is 0 Å². The zero-order chi connectivity index (χ0) is 18.8. The number of unbranched alkanes of at least 4 members (excludes halogenated alkanes) is 5. The highest BCUT2D eigenvalue weighted by atomic mass is 16.7. The van der Waals surface area contributed by atoms with Crippen LogP contribution in [0.2, 0.25) is 0 Å². The van der Waals surface area contributed by atoms with E-state index in [2.05, 4.69) is 6.92 Å². The van der Waals surface area contributed by atoms with Crippen LogP contribution in [0.25, 0.3) is 0 Å². The maximum Gasteiger partial charge on any atom is 0.196 e. The van der Waals surface area contributed by atoms with E-state index in [1.165, 1.54) is 25.7 Å². The average Bonchev–Trinajstić information content (AvgIpc) is 2.67. The smallest absolute Gasteiger partial charge is 0.196 e. The molecule has 0 saturated carbocycles. The Bertz CT molecular complexity index is 633. The molecule has 1 aromatic rings. The normalized spacial score (nSPS) is 19.8. The van der Waals surface area contributed by atoms with Crippen molar-refractivity contribution >= 4 is 5.78 Å². The van der Waals surface area contributed by atoms with Crippen molar-refractivity contribution in [2.45, 2.75) is 57.7 Å². The minimum atomic E-state index is -0.992. The van der Waals surface area contributed by atoms with Gasteiger partial charge < -0.3 is 14.6 Å². The van der Waals surface area contributed by atoms with Gasteiger partial charge in [-0.15, -0.1) is 0 Å². The maximum absolute atomic E-state index is 12.5. The van der Waals surface area contributed by atoms with Crippen LogP contribution >= 0.6 is 0 Å². The minimum absolute atomic E-state index is 0.00569. The van der Waals surface area contributed by atoms with Crippen molar-refractivity contribution in [1.82, 2.24) is 0 Å². The Kier molecular flexibility index (Phi) is 8.07. The van der Waals surface area contributed by atoms with Gasteiger partial charge in [-0.25, -0.2) is 0 Å². The number of hydrogen-bond donors (Lipinski definition) is 1. The molecule has 1 aliphatic carbocycles. The number of carbonyl (C=O) groups excluding carboxylic acids is 1. The first-order chi connectivity index (χ1) is 12.6. The summed E-state index contributed by atoms with van der Waals surface area (Å²) in [6.07, 6.45) is 10.6. The van der Waals surface area contributed by atoms with Crippen LogP contribution in [0.3, 0.4) is 0 Å². The molecule has 0 heterocycles. The first-order valence-electron chi connectivity index (χ1n) is 9.52. The quantitative estimate of drug-likeness (QED) is 0.329. The van der Waals surface area contributed by atoms with Gasteiger partial charge >= 0.3 is 0 Å². The Morgan fingerprint density at radius 1 is 1.12 bits per heavy atom. The van der Waals surface area contributed by atoms with Gasteiger partial charge in [-0.2, -0.15) is 0 Å². The number of benzene rings is 1. The third kappa shape index (κ3) is 5.55. The van der Waals surface area contributed by atoms with Crippen LogP contribution < -0.4 is 0 Å². The largest absolute Gasteiger partial charge is 0.511 e. The van der Waals surface area contributed by atoms with Crippen molar-refractivity contribution < 1.29 is 19.4 Å². The zero-order valence-electron chi connectivity index (χ0n) is 15.9. The topological polar surface area (TPSA) is 55.8 Å². The second-order valence-electron chi connectivity index (χ2n) is 6.70. The molecule has 1 aromatic carbocycles. The average molecular weight is 358 g/mol. The number of ketones is 1. The van der Waals surface area contributed by atoms with Gasteiger partial charge in [-0.1, -0.05) is 69.4 Å².